The van der Waals surface area contributed by atoms with Gasteiger partial charge < -0.3 is 15.4 Å². The molecule has 1 unspecified atom stereocenters. The Bertz CT molecular complexity index is 431. The molecule has 1 fully saturated rings. The van der Waals surface area contributed by atoms with E-state index < -0.39 is 0 Å². The fourth-order valence-electron chi connectivity index (χ4n) is 1.90. The number of anilines is 1. The number of morpholine rings is 1. The number of nitro benzene ring substituents is 1. The van der Waals surface area contributed by atoms with Crippen molar-refractivity contribution in [1.29, 1.82) is 0 Å². The number of hydrogen-bond donors (Lipinski definition) is 2. The largest absolute Gasteiger partial charge is 0.382 e. The van der Waals surface area contributed by atoms with Crippen LogP contribution in [0.15, 0.2) is 18.2 Å². The smallest absolute Gasteiger partial charge is 0.274 e. The Morgan fingerprint density at radius 2 is 2.44 bits per heavy atom. The number of hydrogen-bond acceptors (Lipinski definition) is 5. The quantitative estimate of drug-likeness (QED) is 0.623. The highest BCUT2D eigenvalue weighted by atomic mass is 16.6. The second-order valence-corrected chi connectivity index (χ2v) is 4.34. The minimum Gasteiger partial charge on any atom is -0.382 e. The second-order valence-electron chi connectivity index (χ2n) is 4.34. The highest BCUT2D eigenvalue weighted by molar-refractivity contribution is 5.54. The van der Waals surface area contributed by atoms with E-state index in [9.17, 15) is 10.1 Å². The van der Waals surface area contributed by atoms with E-state index in [2.05, 4.69) is 10.6 Å². The Hall–Kier alpha value is -1.66. The van der Waals surface area contributed by atoms with Gasteiger partial charge in [0, 0.05) is 37.0 Å². The molecule has 0 amide bonds. The van der Waals surface area contributed by atoms with Gasteiger partial charge in [0.05, 0.1) is 17.6 Å². The molecule has 18 heavy (non-hydrogen) atoms. The van der Waals surface area contributed by atoms with Crippen LogP contribution in [0.4, 0.5) is 11.4 Å². The lowest BCUT2D eigenvalue weighted by molar-refractivity contribution is -0.385. The molecule has 1 aliphatic heterocycles. The van der Waals surface area contributed by atoms with Crippen LogP contribution in [0, 0.1) is 17.0 Å². The number of benzene rings is 1. The molecule has 0 bridgehead atoms. The van der Waals surface area contributed by atoms with Gasteiger partial charge in [0.15, 0.2) is 0 Å². The Labute approximate surface area is 105 Å². The lowest BCUT2D eigenvalue weighted by Gasteiger charge is -2.24. The van der Waals surface area contributed by atoms with Crippen LogP contribution in [-0.4, -0.2) is 37.3 Å². The average molecular weight is 251 g/mol. The van der Waals surface area contributed by atoms with Crippen molar-refractivity contribution < 1.29 is 9.66 Å². The van der Waals surface area contributed by atoms with Crippen LogP contribution in [0.25, 0.3) is 0 Å². The lowest BCUT2D eigenvalue weighted by Crippen LogP contribution is -2.42. The summed E-state index contributed by atoms with van der Waals surface area (Å²) in [5.74, 6) is 0. The maximum absolute atomic E-state index is 10.8. The highest BCUT2D eigenvalue weighted by Gasteiger charge is 2.14. The molecule has 0 aliphatic carbocycles. The van der Waals surface area contributed by atoms with Crippen LogP contribution < -0.4 is 10.6 Å². The summed E-state index contributed by atoms with van der Waals surface area (Å²) < 4.78 is 5.54. The van der Waals surface area contributed by atoms with Crippen molar-refractivity contribution in [3.63, 3.8) is 0 Å². The number of ether oxygens (including phenoxy) is 1. The van der Waals surface area contributed by atoms with Gasteiger partial charge in [-0.25, -0.2) is 0 Å². The van der Waals surface area contributed by atoms with Gasteiger partial charge >= 0.3 is 0 Å². The number of nitro groups is 1. The van der Waals surface area contributed by atoms with Crippen molar-refractivity contribution in [1.82, 2.24) is 5.32 Å². The fraction of sp³-hybridized carbons (Fsp3) is 0.500. The van der Waals surface area contributed by atoms with Crippen LogP contribution in [0.1, 0.15) is 5.56 Å². The Morgan fingerprint density at radius 1 is 1.61 bits per heavy atom. The molecule has 1 heterocycles. The predicted molar refractivity (Wildman–Crippen MR) is 68.9 cm³/mol. The van der Waals surface area contributed by atoms with E-state index in [1.54, 1.807) is 19.1 Å². The molecular formula is C12H17N3O3. The molecule has 1 aliphatic rings. The van der Waals surface area contributed by atoms with Gasteiger partial charge in [-0.1, -0.05) is 6.07 Å². The monoisotopic (exact) mass is 251 g/mol. The third kappa shape index (κ3) is 3.18. The molecule has 1 saturated heterocycles. The maximum atomic E-state index is 10.8. The van der Waals surface area contributed by atoms with Crippen molar-refractivity contribution in [2.75, 3.05) is 31.6 Å². The summed E-state index contributed by atoms with van der Waals surface area (Å²) in [6.07, 6.45) is 0.110. The zero-order chi connectivity index (χ0) is 13.0. The molecule has 0 aromatic heterocycles. The summed E-state index contributed by atoms with van der Waals surface area (Å²) in [5.41, 5.74) is 1.56. The van der Waals surface area contributed by atoms with Gasteiger partial charge in [-0.15, -0.1) is 0 Å². The van der Waals surface area contributed by atoms with Crippen LogP contribution in [0.5, 0.6) is 0 Å². The first-order chi connectivity index (χ1) is 8.66. The van der Waals surface area contributed by atoms with Crippen LogP contribution in [0.3, 0.4) is 0 Å². The van der Waals surface area contributed by atoms with Gasteiger partial charge in [0.25, 0.3) is 5.69 Å². The molecule has 98 valence electrons. The first-order valence-corrected chi connectivity index (χ1v) is 5.98. The van der Waals surface area contributed by atoms with E-state index in [0.29, 0.717) is 18.7 Å². The fourth-order valence-corrected chi connectivity index (χ4v) is 1.90. The molecule has 2 rings (SSSR count). The van der Waals surface area contributed by atoms with Crippen molar-refractivity contribution >= 4 is 11.4 Å². The first-order valence-electron chi connectivity index (χ1n) is 5.98. The summed E-state index contributed by atoms with van der Waals surface area (Å²) in [6, 6.07) is 5.16. The molecule has 0 radical (unpaired) electrons. The van der Waals surface area contributed by atoms with Crippen molar-refractivity contribution in [3.8, 4) is 0 Å². The SMILES string of the molecule is Cc1ccc(NCC2CNCCO2)cc1[N+](=O)[O-]. The Morgan fingerprint density at radius 3 is 3.11 bits per heavy atom. The minimum atomic E-state index is -0.362. The summed E-state index contributed by atoms with van der Waals surface area (Å²) in [5, 5.41) is 17.2. The number of aryl methyl sites for hydroxylation is 1. The third-order valence-corrected chi connectivity index (χ3v) is 2.94. The van der Waals surface area contributed by atoms with Gasteiger partial charge in [-0.3, -0.25) is 10.1 Å². The van der Waals surface area contributed by atoms with E-state index in [-0.39, 0.29) is 16.7 Å². The van der Waals surface area contributed by atoms with Gasteiger partial charge in [-0.05, 0) is 13.0 Å². The van der Waals surface area contributed by atoms with Crippen LogP contribution in [0.2, 0.25) is 0 Å². The number of nitrogens with zero attached hydrogens (tertiary/aromatic N) is 1. The molecule has 0 saturated carbocycles. The minimum absolute atomic E-state index is 0.110. The van der Waals surface area contributed by atoms with Crippen LogP contribution in [-0.2, 0) is 4.74 Å². The van der Waals surface area contributed by atoms with E-state index >= 15 is 0 Å². The van der Waals surface area contributed by atoms with E-state index in [1.165, 1.54) is 0 Å². The Balaban J connectivity index is 1.96. The summed E-state index contributed by atoms with van der Waals surface area (Å²) in [6.45, 7) is 4.77. The molecule has 0 spiro atoms. The highest BCUT2D eigenvalue weighted by Crippen LogP contribution is 2.22. The third-order valence-electron chi connectivity index (χ3n) is 2.94. The van der Waals surface area contributed by atoms with E-state index in [1.807, 2.05) is 6.07 Å². The van der Waals surface area contributed by atoms with Crippen molar-refractivity contribution in [3.05, 3.63) is 33.9 Å². The van der Waals surface area contributed by atoms with E-state index in [0.717, 1.165) is 18.8 Å². The summed E-state index contributed by atoms with van der Waals surface area (Å²) in [7, 11) is 0. The predicted octanol–water partition coefficient (Wildman–Crippen LogP) is 1.30. The zero-order valence-corrected chi connectivity index (χ0v) is 10.3. The van der Waals surface area contributed by atoms with Gasteiger partial charge in [-0.2, -0.15) is 0 Å². The average Bonchev–Trinajstić information content (AvgIpc) is 2.38. The topological polar surface area (TPSA) is 76.4 Å². The molecule has 6 heteroatoms. The second kappa shape index (κ2) is 5.79. The van der Waals surface area contributed by atoms with Gasteiger partial charge in [0.2, 0.25) is 0 Å². The molecule has 1 atom stereocenters. The number of rotatable bonds is 4. The Kier molecular flexibility index (Phi) is 4.11. The normalized spacial score (nSPS) is 19.5. The molecular weight excluding hydrogens is 234 g/mol. The summed E-state index contributed by atoms with van der Waals surface area (Å²) in [4.78, 5) is 10.5. The molecule has 1 aromatic carbocycles. The van der Waals surface area contributed by atoms with E-state index in [4.69, 9.17) is 4.74 Å². The van der Waals surface area contributed by atoms with Crippen molar-refractivity contribution in [2.45, 2.75) is 13.0 Å². The molecule has 2 N–H and O–H groups in total. The first kappa shape index (κ1) is 12.8. The van der Waals surface area contributed by atoms with Crippen molar-refractivity contribution in [2.24, 2.45) is 0 Å². The maximum Gasteiger partial charge on any atom is 0.274 e. The summed E-state index contributed by atoms with van der Waals surface area (Å²) >= 11 is 0. The molecule has 1 aromatic rings. The van der Waals surface area contributed by atoms with Crippen LogP contribution >= 0.6 is 0 Å². The molecule has 6 nitrogen and oxygen atoms in total. The lowest BCUT2D eigenvalue weighted by atomic mass is 10.2. The standard InChI is InChI=1S/C12H17N3O3/c1-9-2-3-10(6-12(9)15(16)17)14-8-11-7-13-4-5-18-11/h2-3,6,11,13-14H,4-5,7-8H2,1H3. The zero-order valence-electron chi connectivity index (χ0n) is 10.3. The number of nitrogens with one attached hydrogen (secondary N) is 2. The van der Waals surface area contributed by atoms with Gasteiger partial charge in [0.1, 0.15) is 0 Å².